The quantitative estimate of drug-likeness (QED) is 0.774. The summed E-state index contributed by atoms with van der Waals surface area (Å²) in [4.78, 5) is 39.1. The van der Waals surface area contributed by atoms with Gasteiger partial charge in [-0.2, -0.15) is 0 Å². The van der Waals surface area contributed by atoms with Crippen LogP contribution >= 0.6 is 11.3 Å². The predicted molar refractivity (Wildman–Crippen MR) is 94.2 cm³/mol. The summed E-state index contributed by atoms with van der Waals surface area (Å²) in [5.74, 6) is -2.17. The van der Waals surface area contributed by atoms with Crippen molar-refractivity contribution >= 4 is 29.1 Å². The highest BCUT2D eigenvalue weighted by molar-refractivity contribution is 7.09. The van der Waals surface area contributed by atoms with Gasteiger partial charge in [-0.25, -0.2) is 0 Å². The Kier molecular flexibility index (Phi) is 5.73. The van der Waals surface area contributed by atoms with Crippen LogP contribution in [0.15, 0.2) is 17.5 Å². The third kappa shape index (κ3) is 5.04. The molecule has 2 heterocycles. The Morgan fingerprint density at radius 1 is 1.24 bits per heavy atom. The van der Waals surface area contributed by atoms with Crippen LogP contribution in [0.1, 0.15) is 37.0 Å². The van der Waals surface area contributed by atoms with Gasteiger partial charge in [-0.3, -0.25) is 14.4 Å². The minimum atomic E-state index is -0.930. The number of carbonyl (C=O) groups is 3. The Morgan fingerprint density at radius 3 is 2.64 bits per heavy atom. The second kappa shape index (κ2) is 7.99. The highest BCUT2D eigenvalue weighted by Crippen LogP contribution is 2.26. The number of carbonyl (C=O) groups excluding carboxylic acids is 2. The molecule has 2 amide bonds. The lowest BCUT2D eigenvalue weighted by Crippen LogP contribution is -2.50. The van der Waals surface area contributed by atoms with Crippen LogP contribution in [0.2, 0.25) is 0 Å². The average molecular weight is 364 g/mol. The number of aliphatic carboxylic acids is 1. The first-order valence-corrected chi connectivity index (χ1v) is 9.74. The number of nitrogens with zero attached hydrogens (tertiary/aromatic N) is 1. The first-order chi connectivity index (χ1) is 12.0. The number of likely N-dealkylation sites (tertiary alicyclic amines) is 1. The lowest BCUT2D eigenvalue weighted by atomic mass is 9.88. The maximum atomic E-state index is 12.5. The van der Waals surface area contributed by atoms with Crippen molar-refractivity contribution in [1.29, 1.82) is 0 Å². The summed E-state index contributed by atoms with van der Waals surface area (Å²) in [6.07, 6.45) is 4.28. The third-order valence-electron chi connectivity index (χ3n) is 4.84. The summed E-state index contributed by atoms with van der Waals surface area (Å²) >= 11 is 1.67. The highest BCUT2D eigenvalue weighted by atomic mass is 32.1. The molecule has 3 rings (SSSR count). The molecule has 1 aromatic rings. The van der Waals surface area contributed by atoms with Gasteiger partial charge in [0.2, 0.25) is 11.8 Å². The fourth-order valence-corrected chi connectivity index (χ4v) is 4.00. The van der Waals surface area contributed by atoms with E-state index in [1.54, 1.807) is 16.2 Å². The van der Waals surface area contributed by atoms with Crippen molar-refractivity contribution in [2.24, 2.45) is 11.8 Å². The van der Waals surface area contributed by atoms with Crippen LogP contribution in [0, 0.1) is 11.8 Å². The maximum Gasteiger partial charge on any atom is 0.308 e. The smallest absolute Gasteiger partial charge is 0.308 e. The summed E-state index contributed by atoms with van der Waals surface area (Å²) in [7, 11) is 0. The normalized spacial score (nSPS) is 23.3. The van der Waals surface area contributed by atoms with E-state index in [0.717, 1.165) is 25.7 Å². The first kappa shape index (κ1) is 17.9. The van der Waals surface area contributed by atoms with E-state index >= 15 is 0 Å². The van der Waals surface area contributed by atoms with E-state index in [0.29, 0.717) is 19.4 Å². The van der Waals surface area contributed by atoms with E-state index in [-0.39, 0.29) is 24.4 Å². The SMILES string of the molecule is O=C(O)[C@H]1C[C@H](C(=O)NC2CC2)CN(C(=O)CCCc2cccs2)C1. The van der Waals surface area contributed by atoms with E-state index in [4.69, 9.17) is 0 Å². The van der Waals surface area contributed by atoms with E-state index in [1.807, 2.05) is 11.4 Å². The largest absolute Gasteiger partial charge is 0.481 e. The molecule has 0 spiro atoms. The molecule has 1 aliphatic carbocycles. The standard InChI is InChI=1S/C18H24N2O4S/c21-16(5-1-3-15-4-2-8-25-15)20-10-12(9-13(11-20)18(23)24)17(22)19-14-6-7-14/h2,4,8,12-14H,1,3,5-7,9-11H2,(H,19,22)(H,23,24)/t12-,13-/m0/s1. The molecule has 2 atom stereocenters. The number of hydrogen-bond acceptors (Lipinski definition) is 4. The monoisotopic (exact) mass is 364 g/mol. The number of rotatable bonds is 7. The molecule has 0 aromatic carbocycles. The first-order valence-electron chi connectivity index (χ1n) is 8.86. The molecule has 1 saturated heterocycles. The van der Waals surface area contributed by atoms with Gasteiger partial charge in [0.25, 0.3) is 0 Å². The number of piperidine rings is 1. The molecule has 2 fully saturated rings. The molecule has 7 heteroatoms. The molecular weight excluding hydrogens is 340 g/mol. The Hall–Kier alpha value is -1.89. The summed E-state index contributed by atoms with van der Waals surface area (Å²) < 4.78 is 0. The van der Waals surface area contributed by atoms with Crippen molar-refractivity contribution in [3.05, 3.63) is 22.4 Å². The zero-order valence-electron chi connectivity index (χ0n) is 14.1. The van der Waals surface area contributed by atoms with E-state index in [9.17, 15) is 19.5 Å². The van der Waals surface area contributed by atoms with Crippen LogP contribution in [0.5, 0.6) is 0 Å². The second-order valence-corrected chi connectivity index (χ2v) is 8.01. The molecule has 1 aliphatic heterocycles. The fourth-order valence-electron chi connectivity index (χ4n) is 3.25. The van der Waals surface area contributed by atoms with Gasteiger partial charge in [0.1, 0.15) is 0 Å². The van der Waals surface area contributed by atoms with Crippen molar-refractivity contribution < 1.29 is 19.5 Å². The Labute approximate surface area is 151 Å². The van der Waals surface area contributed by atoms with Gasteiger partial charge in [-0.05, 0) is 43.6 Å². The van der Waals surface area contributed by atoms with Crippen LogP contribution < -0.4 is 5.32 Å². The number of amides is 2. The Balaban J connectivity index is 1.54. The summed E-state index contributed by atoms with van der Waals surface area (Å²) in [5.41, 5.74) is 0. The van der Waals surface area contributed by atoms with E-state index < -0.39 is 17.8 Å². The zero-order chi connectivity index (χ0) is 17.8. The summed E-state index contributed by atoms with van der Waals surface area (Å²) in [5, 5.41) is 14.3. The van der Waals surface area contributed by atoms with Crippen LogP contribution in [0.3, 0.4) is 0 Å². The number of carboxylic acid groups (broad SMARTS) is 1. The molecule has 2 N–H and O–H groups in total. The van der Waals surface area contributed by atoms with Crippen molar-refractivity contribution in [1.82, 2.24) is 10.2 Å². The third-order valence-corrected chi connectivity index (χ3v) is 5.78. The van der Waals surface area contributed by atoms with Crippen LogP contribution in [0.4, 0.5) is 0 Å². The number of carboxylic acids is 1. The van der Waals surface area contributed by atoms with Crippen molar-refractivity contribution in [3.8, 4) is 0 Å². The molecule has 25 heavy (non-hydrogen) atoms. The zero-order valence-corrected chi connectivity index (χ0v) is 15.0. The van der Waals surface area contributed by atoms with Crippen LogP contribution in [-0.4, -0.2) is 46.9 Å². The van der Waals surface area contributed by atoms with Gasteiger partial charge in [0.05, 0.1) is 11.8 Å². The van der Waals surface area contributed by atoms with Gasteiger partial charge >= 0.3 is 5.97 Å². The van der Waals surface area contributed by atoms with Gasteiger partial charge in [0.15, 0.2) is 0 Å². The number of aryl methyl sites for hydroxylation is 1. The minimum absolute atomic E-state index is 0.0493. The molecule has 0 unspecified atom stereocenters. The Bertz CT molecular complexity index is 627. The van der Waals surface area contributed by atoms with Crippen LogP contribution in [-0.2, 0) is 20.8 Å². The number of nitrogens with one attached hydrogen (secondary N) is 1. The summed E-state index contributed by atoms with van der Waals surface area (Å²) in [6, 6.07) is 4.29. The molecule has 1 saturated carbocycles. The molecule has 1 aromatic heterocycles. The van der Waals surface area contributed by atoms with Gasteiger partial charge in [-0.1, -0.05) is 6.07 Å². The van der Waals surface area contributed by atoms with E-state index in [1.165, 1.54) is 4.88 Å². The summed E-state index contributed by atoms with van der Waals surface area (Å²) in [6.45, 7) is 0.542. The molecule has 136 valence electrons. The average Bonchev–Trinajstić information content (AvgIpc) is 3.26. The lowest BCUT2D eigenvalue weighted by molar-refractivity contribution is -0.148. The predicted octanol–water partition coefficient (Wildman–Crippen LogP) is 1.90. The minimum Gasteiger partial charge on any atom is -0.481 e. The fraction of sp³-hybridized carbons (Fsp3) is 0.611. The molecule has 6 nitrogen and oxygen atoms in total. The topological polar surface area (TPSA) is 86.7 Å². The number of thiophene rings is 1. The maximum absolute atomic E-state index is 12.5. The second-order valence-electron chi connectivity index (χ2n) is 6.98. The van der Waals surface area contributed by atoms with Crippen molar-refractivity contribution in [2.45, 2.75) is 44.6 Å². The molecule has 0 radical (unpaired) electrons. The highest BCUT2D eigenvalue weighted by Gasteiger charge is 2.38. The van der Waals surface area contributed by atoms with Crippen molar-refractivity contribution in [3.63, 3.8) is 0 Å². The van der Waals surface area contributed by atoms with Crippen LogP contribution in [0.25, 0.3) is 0 Å². The number of hydrogen-bond donors (Lipinski definition) is 2. The van der Waals surface area contributed by atoms with Gasteiger partial charge < -0.3 is 15.3 Å². The molecule has 2 aliphatic rings. The Morgan fingerprint density at radius 2 is 2.00 bits per heavy atom. The van der Waals surface area contributed by atoms with Gasteiger partial charge in [0, 0.05) is 30.4 Å². The molecular formula is C18H24N2O4S. The van der Waals surface area contributed by atoms with E-state index in [2.05, 4.69) is 11.4 Å². The van der Waals surface area contributed by atoms with Gasteiger partial charge in [-0.15, -0.1) is 11.3 Å². The molecule has 0 bridgehead atoms. The lowest BCUT2D eigenvalue weighted by Gasteiger charge is -2.35. The van der Waals surface area contributed by atoms with Crippen molar-refractivity contribution in [2.75, 3.05) is 13.1 Å².